The molecule has 0 unspecified atom stereocenters. The van der Waals surface area contributed by atoms with Gasteiger partial charge >= 0.3 is 5.97 Å². The summed E-state index contributed by atoms with van der Waals surface area (Å²) in [7, 11) is 1.34. The van der Waals surface area contributed by atoms with E-state index in [1.54, 1.807) is 12.3 Å². The van der Waals surface area contributed by atoms with Crippen molar-refractivity contribution < 1.29 is 9.53 Å². The van der Waals surface area contributed by atoms with E-state index in [-0.39, 0.29) is 0 Å². The number of anilines is 1. The van der Waals surface area contributed by atoms with E-state index in [9.17, 15) is 4.79 Å². The van der Waals surface area contributed by atoms with E-state index in [4.69, 9.17) is 10.5 Å². The molecule has 110 valence electrons. The molecule has 0 saturated heterocycles. The zero-order valence-corrected chi connectivity index (χ0v) is 13.2. The first-order valence-corrected chi connectivity index (χ1v) is 7.52. The number of carbonyl (C=O) groups excluding carboxylic acids is 1. The lowest BCUT2D eigenvalue weighted by Crippen LogP contribution is -2.07. The number of thioether (sulfide) groups is 1. The summed E-state index contributed by atoms with van der Waals surface area (Å²) < 4.78 is 4.71. The Morgan fingerprint density at radius 1 is 1.29 bits per heavy atom. The summed E-state index contributed by atoms with van der Waals surface area (Å²) in [6.07, 6.45) is 1.58. The number of benzene rings is 1. The van der Waals surface area contributed by atoms with Crippen LogP contribution in [0, 0.1) is 13.8 Å². The fourth-order valence-electron chi connectivity index (χ4n) is 2.16. The molecule has 2 N–H and O–H groups in total. The molecular weight excluding hydrogens is 284 g/mol. The van der Waals surface area contributed by atoms with Crippen molar-refractivity contribution in [1.82, 2.24) is 4.98 Å². The van der Waals surface area contributed by atoms with Crippen molar-refractivity contribution in [2.75, 3.05) is 12.8 Å². The van der Waals surface area contributed by atoms with Gasteiger partial charge in [-0.15, -0.1) is 0 Å². The molecule has 0 fully saturated rings. The molecule has 1 heterocycles. The van der Waals surface area contributed by atoms with Crippen LogP contribution in [0.2, 0.25) is 0 Å². The van der Waals surface area contributed by atoms with Crippen molar-refractivity contribution in [3.63, 3.8) is 0 Å². The summed E-state index contributed by atoms with van der Waals surface area (Å²) in [4.78, 5) is 15.9. The Bertz CT molecular complexity index is 651. The van der Waals surface area contributed by atoms with Gasteiger partial charge in [0.2, 0.25) is 0 Å². The van der Waals surface area contributed by atoms with E-state index in [0.717, 1.165) is 5.75 Å². The highest BCUT2D eigenvalue weighted by Crippen LogP contribution is 2.29. The summed E-state index contributed by atoms with van der Waals surface area (Å²) in [6.45, 7) is 4.15. The number of nitrogen functional groups attached to an aromatic ring is 1. The van der Waals surface area contributed by atoms with Gasteiger partial charge in [0.25, 0.3) is 0 Å². The molecule has 0 bridgehead atoms. The van der Waals surface area contributed by atoms with Crippen LogP contribution in [0.4, 0.5) is 5.69 Å². The van der Waals surface area contributed by atoms with Crippen molar-refractivity contribution in [2.45, 2.75) is 24.6 Å². The van der Waals surface area contributed by atoms with Crippen LogP contribution in [-0.2, 0) is 10.5 Å². The summed E-state index contributed by atoms with van der Waals surface area (Å²) in [5, 5.41) is 0.650. The van der Waals surface area contributed by atoms with Crippen LogP contribution < -0.4 is 5.73 Å². The average molecular weight is 302 g/mol. The molecule has 0 atom stereocenters. The molecule has 0 radical (unpaired) electrons. The number of hydrogen-bond acceptors (Lipinski definition) is 5. The smallest absolute Gasteiger partial charge is 0.340 e. The monoisotopic (exact) mass is 302 g/mol. The fraction of sp³-hybridized carbons (Fsp3) is 0.250. The number of rotatable bonds is 4. The first kappa shape index (κ1) is 15.4. The van der Waals surface area contributed by atoms with E-state index in [1.807, 2.05) is 0 Å². The Balaban J connectivity index is 2.18. The lowest BCUT2D eigenvalue weighted by atomic mass is 10.1. The third-order valence-corrected chi connectivity index (χ3v) is 4.09. The van der Waals surface area contributed by atoms with Crippen LogP contribution >= 0.6 is 11.8 Å². The van der Waals surface area contributed by atoms with Crippen molar-refractivity contribution in [1.29, 1.82) is 0 Å². The predicted octanol–water partition coefficient (Wildman–Crippen LogP) is 3.36. The molecule has 4 nitrogen and oxygen atoms in total. The fourth-order valence-corrected chi connectivity index (χ4v) is 3.03. The van der Waals surface area contributed by atoms with Gasteiger partial charge in [-0.2, -0.15) is 0 Å². The number of aryl methyl sites for hydroxylation is 2. The summed E-state index contributed by atoms with van der Waals surface area (Å²) >= 11 is 1.52. The highest BCUT2D eigenvalue weighted by atomic mass is 32.2. The number of carbonyl (C=O) groups is 1. The number of nitrogens with two attached hydrogens (primary N) is 1. The zero-order valence-electron chi connectivity index (χ0n) is 12.3. The van der Waals surface area contributed by atoms with Gasteiger partial charge in [-0.25, -0.2) is 9.78 Å². The van der Waals surface area contributed by atoms with Crippen molar-refractivity contribution in [2.24, 2.45) is 0 Å². The first-order valence-electron chi connectivity index (χ1n) is 6.54. The van der Waals surface area contributed by atoms with Crippen LogP contribution in [0.25, 0.3) is 0 Å². The number of pyridine rings is 1. The maximum absolute atomic E-state index is 11.6. The first-order chi connectivity index (χ1) is 10.0. The SMILES string of the molecule is COC(=O)c1ccnc(SCc2cc(C)cc(C)c2)c1N. The van der Waals surface area contributed by atoms with E-state index in [1.165, 1.54) is 35.6 Å². The van der Waals surface area contributed by atoms with Gasteiger partial charge in [-0.05, 0) is 25.5 Å². The highest BCUT2D eigenvalue weighted by molar-refractivity contribution is 7.98. The zero-order chi connectivity index (χ0) is 15.4. The second-order valence-electron chi connectivity index (χ2n) is 4.85. The van der Waals surface area contributed by atoms with Gasteiger partial charge in [0.05, 0.1) is 18.4 Å². The van der Waals surface area contributed by atoms with E-state index >= 15 is 0 Å². The quantitative estimate of drug-likeness (QED) is 0.693. The largest absolute Gasteiger partial charge is 0.465 e. The molecule has 0 amide bonds. The molecule has 1 aromatic heterocycles. The minimum atomic E-state index is -0.442. The molecule has 2 aromatic rings. The van der Waals surface area contributed by atoms with Crippen molar-refractivity contribution in [3.05, 3.63) is 52.7 Å². The van der Waals surface area contributed by atoms with Gasteiger partial charge in [-0.1, -0.05) is 41.1 Å². The van der Waals surface area contributed by atoms with Gasteiger partial charge in [-0.3, -0.25) is 0 Å². The van der Waals surface area contributed by atoms with Crippen LogP contribution in [0.3, 0.4) is 0 Å². The number of esters is 1. The third kappa shape index (κ3) is 3.76. The number of ether oxygens (including phenoxy) is 1. The highest BCUT2D eigenvalue weighted by Gasteiger charge is 2.14. The minimum absolute atomic E-state index is 0.357. The van der Waals surface area contributed by atoms with E-state index in [0.29, 0.717) is 16.3 Å². The standard InChI is InChI=1S/C16H18N2O2S/c1-10-6-11(2)8-12(7-10)9-21-15-14(17)13(4-5-18-15)16(19)20-3/h4-8H,9,17H2,1-3H3. The third-order valence-electron chi connectivity index (χ3n) is 3.02. The molecule has 21 heavy (non-hydrogen) atoms. The summed E-state index contributed by atoms with van der Waals surface area (Å²) in [5.41, 5.74) is 10.4. The van der Waals surface area contributed by atoms with Crippen molar-refractivity contribution >= 4 is 23.4 Å². The maximum atomic E-state index is 11.6. The van der Waals surface area contributed by atoms with Gasteiger partial charge in [0.1, 0.15) is 5.03 Å². The Morgan fingerprint density at radius 3 is 2.57 bits per heavy atom. The number of nitrogens with zero attached hydrogens (tertiary/aromatic N) is 1. The summed E-state index contributed by atoms with van der Waals surface area (Å²) in [5.74, 6) is 0.313. The number of methoxy groups -OCH3 is 1. The number of aromatic nitrogens is 1. The molecular formula is C16H18N2O2S. The van der Waals surface area contributed by atoms with Crippen molar-refractivity contribution in [3.8, 4) is 0 Å². The van der Waals surface area contributed by atoms with Gasteiger partial charge < -0.3 is 10.5 Å². The predicted molar refractivity (Wildman–Crippen MR) is 85.5 cm³/mol. The second kappa shape index (κ2) is 6.63. The summed E-state index contributed by atoms with van der Waals surface area (Å²) in [6, 6.07) is 7.99. The van der Waals surface area contributed by atoms with Gasteiger partial charge in [0.15, 0.2) is 0 Å². The molecule has 2 rings (SSSR count). The Labute approximate surface area is 128 Å². The molecule has 0 aliphatic heterocycles. The van der Waals surface area contributed by atoms with Crippen LogP contribution in [-0.4, -0.2) is 18.1 Å². The molecule has 5 heteroatoms. The normalized spacial score (nSPS) is 10.4. The molecule has 0 spiro atoms. The maximum Gasteiger partial charge on any atom is 0.340 e. The Kier molecular flexibility index (Phi) is 4.85. The van der Waals surface area contributed by atoms with E-state index in [2.05, 4.69) is 37.0 Å². The van der Waals surface area contributed by atoms with Gasteiger partial charge in [0, 0.05) is 11.9 Å². The Morgan fingerprint density at radius 2 is 1.95 bits per heavy atom. The minimum Gasteiger partial charge on any atom is -0.465 e. The second-order valence-corrected chi connectivity index (χ2v) is 5.82. The molecule has 0 aliphatic carbocycles. The lowest BCUT2D eigenvalue weighted by molar-refractivity contribution is 0.0601. The average Bonchev–Trinajstić information content (AvgIpc) is 2.44. The van der Waals surface area contributed by atoms with Crippen LogP contribution in [0.5, 0.6) is 0 Å². The lowest BCUT2D eigenvalue weighted by Gasteiger charge is -2.09. The number of hydrogen-bond donors (Lipinski definition) is 1. The molecule has 1 aromatic carbocycles. The van der Waals surface area contributed by atoms with Crippen LogP contribution in [0.15, 0.2) is 35.5 Å². The Hall–Kier alpha value is -2.01. The van der Waals surface area contributed by atoms with E-state index < -0.39 is 5.97 Å². The molecule has 0 aliphatic rings. The van der Waals surface area contributed by atoms with Crippen LogP contribution in [0.1, 0.15) is 27.0 Å². The topological polar surface area (TPSA) is 65.2 Å². The molecule has 0 saturated carbocycles.